The summed E-state index contributed by atoms with van der Waals surface area (Å²) in [6.45, 7) is 2.09. The summed E-state index contributed by atoms with van der Waals surface area (Å²) in [5.74, 6) is 0.645. The number of rotatable bonds is 6. The molecule has 0 spiro atoms. The first-order valence-corrected chi connectivity index (χ1v) is 11.4. The number of nitriles is 1. The highest BCUT2D eigenvalue weighted by Crippen LogP contribution is 2.37. The molecule has 0 bridgehead atoms. The molecule has 154 valence electrons. The fourth-order valence-electron chi connectivity index (χ4n) is 4.06. The van der Waals surface area contributed by atoms with Crippen molar-refractivity contribution in [2.75, 3.05) is 7.11 Å². The Hall–Kier alpha value is -2.91. The van der Waals surface area contributed by atoms with Crippen LogP contribution < -0.4 is 4.74 Å². The van der Waals surface area contributed by atoms with Gasteiger partial charge in [0.25, 0.3) is 0 Å². The van der Waals surface area contributed by atoms with Gasteiger partial charge in [0.05, 0.1) is 18.7 Å². The predicted octanol–water partition coefficient (Wildman–Crippen LogP) is 6.46. The summed E-state index contributed by atoms with van der Waals surface area (Å²) < 4.78 is 6.66. The minimum atomic E-state index is -0.821. The monoisotopic (exact) mass is 518 g/mol. The molecule has 0 aliphatic carbocycles. The summed E-state index contributed by atoms with van der Waals surface area (Å²) in [4.78, 5) is 4.75. The van der Waals surface area contributed by atoms with Crippen LogP contribution in [0.15, 0.2) is 78.9 Å². The Morgan fingerprint density at radius 2 is 1.68 bits per heavy atom. The Kier molecular flexibility index (Phi) is 6.24. The predicted molar refractivity (Wildman–Crippen MR) is 133 cm³/mol. The minimum Gasteiger partial charge on any atom is -0.481 e. The Labute approximate surface area is 196 Å². The normalized spacial score (nSPS) is 12.8. The molecule has 0 amide bonds. The highest BCUT2D eigenvalue weighted by atomic mass is 127. The fourth-order valence-corrected chi connectivity index (χ4v) is 4.42. The highest BCUT2D eigenvalue weighted by Gasteiger charge is 2.35. The van der Waals surface area contributed by atoms with Crippen LogP contribution in [0, 0.1) is 14.9 Å². The Balaban J connectivity index is 1.93. The second-order valence-electron chi connectivity index (χ2n) is 7.60. The molecule has 1 atom stereocenters. The van der Waals surface area contributed by atoms with Crippen LogP contribution in [0.1, 0.15) is 29.2 Å². The molecule has 31 heavy (non-hydrogen) atoms. The number of nitrogens with zero attached hydrogens (tertiary/aromatic N) is 2. The SMILES string of the molecule is CCc1cc2ccc(C(C#N)(Cc3ccccc3)c3ccc(I)cc3)cc2nc1OC. The molecule has 0 aliphatic heterocycles. The highest BCUT2D eigenvalue weighted by molar-refractivity contribution is 14.1. The van der Waals surface area contributed by atoms with Gasteiger partial charge in [-0.25, -0.2) is 4.98 Å². The van der Waals surface area contributed by atoms with Crippen LogP contribution in [0.4, 0.5) is 0 Å². The summed E-state index contributed by atoms with van der Waals surface area (Å²) >= 11 is 2.29. The van der Waals surface area contributed by atoms with Gasteiger partial charge in [-0.15, -0.1) is 0 Å². The van der Waals surface area contributed by atoms with Gasteiger partial charge in [-0.2, -0.15) is 5.26 Å². The third-order valence-corrected chi connectivity index (χ3v) is 6.48. The van der Waals surface area contributed by atoms with Crippen LogP contribution in [0.3, 0.4) is 0 Å². The van der Waals surface area contributed by atoms with E-state index in [0.717, 1.165) is 43.1 Å². The van der Waals surface area contributed by atoms with E-state index in [0.29, 0.717) is 12.3 Å². The lowest BCUT2D eigenvalue weighted by atomic mass is 9.71. The second kappa shape index (κ2) is 9.07. The van der Waals surface area contributed by atoms with E-state index < -0.39 is 5.41 Å². The molecule has 0 radical (unpaired) electrons. The van der Waals surface area contributed by atoms with Gasteiger partial charge in [0.1, 0.15) is 5.41 Å². The maximum atomic E-state index is 10.6. The van der Waals surface area contributed by atoms with Crippen LogP contribution in [-0.4, -0.2) is 12.1 Å². The summed E-state index contributed by atoms with van der Waals surface area (Å²) in [5.41, 5.74) is 4.13. The van der Waals surface area contributed by atoms with Crippen molar-refractivity contribution in [1.29, 1.82) is 5.26 Å². The lowest BCUT2D eigenvalue weighted by Gasteiger charge is -2.28. The first kappa shape index (κ1) is 21.3. The topological polar surface area (TPSA) is 45.9 Å². The smallest absolute Gasteiger partial charge is 0.216 e. The van der Waals surface area contributed by atoms with E-state index in [-0.39, 0.29) is 0 Å². The zero-order valence-corrected chi connectivity index (χ0v) is 19.8. The van der Waals surface area contributed by atoms with Crippen LogP contribution >= 0.6 is 22.6 Å². The molecular weight excluding hydrogens is 495 g/mol. The van der Waals surface area contributed by atoms with Gasteiger partial charge >= 0.3 is 0 Å². The summed E-state index contributed by atoms with van der Waals surface area (Å²) in [6.07, 6.45) is 1.44. The number of benzene rings is 3. The number of pyridine rings is 1. The molecule has 4 heteroatoms. The Morgan fingerprint density at radius 3 is 2.32 bits per heavy atom. The van der Waals surface area contributed by atoms with Crippen LogP contribution in [0.25, 0.3) is 10.9 Å². The van der Waals surface area contributed by atoms with Crippen molar-refractivity contribution in [2.45, 2.75) is 25.2 Å². The molecule has 0 N–H and O–H groups in total. The van der Waals surface area contributed by atoms with Crippen LogP contribution in [0.2, 0.25) is 0 Å². The molecule has 0 saturated heterocycles. The maximum absolute atomic E-state index is 10.6. The van der Waals surface area contributed by atoms with Gasteiger partial charge in [0.15, 0.2) is 0 Å². The molecule has 3 nitrogen and oxygen atoms in total. The fraction of sp³-hybridized carbons (Fsp3) is 0.185. The zero-order valence-electron chi connectivity index (χ0n) is 17.6. The van der Waals surface area contributed by atoms with Crippen molar-refractivity contribution in [2.24, 2.45) is 0 Å². The van der Waals surface area contributed by atoms with E-state index in [4.69, 9.17) is 9.72 Å². The van der Waals surface area contributed by atoms with Crippen molar-refractivity contribution < 1.29 is 4.74 Å². The van der Waals surface area contributed by atoms with Gasteiger partial charge < -0.3 is 4.74 Å². The van der Waals surface area contributed by atoms with E-state index in [9.17, 15) is 5.26 Å². The molecule has 1 unspecified atom stereocenters. The number of aromatic nitrogens is 1. The molecule has 3 aromatic carbocycles. The van der Waals surface area contributed by atoms with Gasteiger partial charge in [0, 0.05) is 14.5 Å². The van der Waals surface area contributed by atoms with Gasteiger partial charge in [-0.1, -0.05) is 61.5 Å². The number of aryl methyl sites for hydroxylation is 1. The number of hydrogen-bond donors (Lipinski definition) is 0. The standard InChI is InChI=1S/C27H23IN2O/c1-3-20-15-21-9-10-23(16-25(21)30-26(20)31-2)27(18-29,17-19-7-5-4-6-8-19)22-11-13-24(28)14-12-22/h4-16H,3,17H2,1-2H3. The summed E-state index contributed by atoms with van der Waals surface area (Å²) in [6, 6.07) is 29.4. The van der Waals surface area contributed by atoms with E-state index in [1.165, 1.54) is 0 Å². The third kappa shape index (κ3) is 4.15. The van der Waals surface area contributed by atoms with Crippen molar-refractivity contribution in [3.63, 3.8) is 0 Å². The summed E-state index contributed by atoms with van der Waals surface area (Å²) in [5, 5.41) is 11.6. The number of hydrogen-bond acceptors (Lipinski definition) is 3. The lowest BCUT2D eigenvalue weighted by molar-refractivity contribution is 0.395. The van der Waals surface area contributed by atoms with E-state index in [2.05, 4.69) is 90.2 Å². The van der Waals surface area contributed by atoms with Crippen molar-refractivity contribution in [1.82, 2.24) is 4.98 Å². The number of ether oxygens (including phenoxy) is 1. The van der Waals surface area contributed by atoms with Gasteiger partial charge in [-0.05, 0) is 76.4 Å². The van der Waals surface area contributed by atoms with Crippen molar-refractivity contribution in [3.8, 4) is 11.9 Å². The van der Waals surface area contributed by atoms with E-state index in [1.807, 2.05) is 24.3 Å². The minimum absolute atomic E-state index is 0.584. The Bertz CT molecular complexity index is 1250. The van der Waals surface area contributed by atoms with Crippen molar-refractivity contribution >= 4 is 33.5 Å². The van der Waals surface area contributed by atoms with Crippen LogP contribution in [-0.2, 0) is 18.3 Å². The average molecular weight is 518 g/mol. The summed E-state index contributed by atoms with van der Waals surface area (Å²) in [7, 11) is 1.65. The molecule has 4 rings (SSSR count). The molecular formula is C27H23IN2O. The maximum Gasteiger partial charge on any atom is 0.216 e. The van der Waals surface area contributed by atoms with Crippen molar-refractivity contribution in [3.05, 3.63) is 105 Å². The number of methoxy groups -OCH3 is 1. The van der Waals surface area contributed by atoms with Gasteiger partial charge in [-0.3, -0.25) is 0 Å². The quantitative estimate of drug-likeness (QED) is 0.275. The molecule has 1 aromatic heterocycles. The van der Waals surface area contributed by atoms with Gasteiger partial charge in [0.2, 0.25) is 5.88 Å². The van der Waals surface area contributed by atoms with Crippen LogP contribution in [0.5, 0.6) is 5.88 Å². The molecule has 0 fully saturated rings. The lowest BCUT2D eigenvalue weighted by Crippen LogP contribution is -2.29. The molecule has 4 aromatic rings. The Morgan fingerprint density at radius 1 is 0.968 bits per heavy atom. The molecule has 0 saturated carbocycles. The number of halogens is 1. The molecule has 0 aliphatic rings. The number of fused-ring (bicyclic) bond motifs is 1. The third-order valence-electron chi connectivity index (χ3n) is 5.76. The first-order valence-electron chi connectivity index (χ1n) is 10.3. The zero-order chi connectivity index (χ0) is 21.8. The average Bonchev–Trinajstić information content (AvgIpc) is 2.82. The van der Waals surface area contributed by atoms with E-state index >= 15 is 0 Å². The first-order chi connectivity index (χ1) is 15.1. The second-order valence-corrected chi connectivity index (χ2v) is 8.85. The van der Waals surface area contributed by atoms with E-state index in [1.54, 1.807) is 7.11 Å². The largest absolute Gasteiger partial charge is 0.481 e. The molecule has 1 heterocycles.